The first kappa shape index (κ1) is 13.0. The number of hydrogen-bond acceptors (Lipinski definition) is 9. The largest absolute Gasteiger partial charge is 0.368 e. The first-order chi connectivity index (χ1) is 9.63. The molecule has 2 aromatic heterocycles. The normalized spacial score (nSPS) is 14.5. The van der Waals surface area contributed by atoms with Gasteiger partial charge in [-0.1, -0.05) is 11.8 Å². The van der Waals surface area contributed by atoms with Crippen molar-refractivity contribution in [3.63, 3.8) is 0 Å². The molecule has 0 amide bonds. The van der Waals surface area contributed by atoms with Gasteiger partial charge in [0.2, 0.25) is 17.1 Å². The number of thioether (sulfide) groups is 1. The molecular weight excluding hydrogens is 278 g/mol. The van der Waals surface area contributed by atoms with Crippen LogP contribution in [0.4, 0.5) is 11.9 Å². The van der Waals surface area contributed by atoms with Gasteiger partial charge < -0.3 is 10.6 Å². The summed E-state index contributed by atoms with van der Waals surface area (Å²) in [5.74, 6) is 1.95. The van der Waals surface area contributed by atoms with Crippen molar-refractivity contribution in [2.45, 2.75) is 29.8 Å². The van der Waals surface area contributed by atoms with Crippen LogP contribution in [0, 0.1) is 0 Å². The molecule has 3 rings (SSSR count). The molecule has 0 saturated heterocycles. The Bertz CT molecular complexity index is 607. The summed E-state index contributed by atoms with van der Waals surface area (Å²) in [5.41, 5.74) is 5.69. The smallest absolute Gasteiger partial charge is 0.229 e. The lowest BCUT2D eigenvalue weighted by molar-refractivity contribution is 0.565. The van der Waals surface area contributed by atoms with Gasteiger partial charge in [0.1, 0.15) is 5.82 Å². The first-order valence-corrected chi connectivity index (χ1v) is 7.20. The van der Waals surface area contributed by atoms with E-state index in [0.717, 1.165) is 18.0 Å². The van der Waals surface area contributed by atoms with Crippen LogP contribution in [-0.2, 0) is 5.75 Å². The van der Waals surface area contributed by atoms with E-state index in [0.29, 0.717) is 23.6 Å². The number of nitrogens with zero attached hydrogens (tertiary/aromatic N) is 8. The summed E-state index contributed by atoms with van der Waals surface area (Å²) >= 11 is 1.50. The van der Waals surface area contributed by atoms with Gasteiger partial charge in [0.15, 0.2) is 0 Å². The Morgan fingerprint density at radius 2 is 2.10 bits per heavy atom. The van der Waals surface area contributed by atoms with Crippen LogP contribution < -0.4 is 10.6 Å². The molecule has 1 aliphatic rings. The second-order valence-electron chi connectivity index (χ2n) is 4.73. The Morgan fingerprint density at radius 1 is 1.30 bits per heavy atom. The lowest BCUT2D eigenvalue weighted by Crippen LogP contribution is -2.16. The van der Waals surface area contributed by atoms with Crippen molar-refractivity contribution < 1.29 is 0 Å². The molecule has 0 atom stereocenters. The molecule has 0 spiro atoms. The Morgan fingerprint density at radius 3 is 2.80 bits per heavy atom. The zero-order valence-corrected chi connectivity index (χ0v) is 12.1. The van der Waals surface area contributed by atoms with E-state index in [2.05, 4.69) is 30.5 Å². The van der Waals surface area contributed by atoms with Gasteiger partial charge >= 0.3 is 0 Å². The predicted octanol–water partition coefficient (Wildman–Crippen LogP) is 0.133. The van der Waals surface area contributed by atoms with Crippen LogP contribution in [0.3, 0.4) is 0 Å². The summed E-state index contributed by atoms with van der Waals surface area (Å²) in [6.45, 7) is 0. The molecule has 1 saturated carbocycles. The Balaban J connectivity index is 1.73. The molecule has 1 fully saturated rings. The number of nitrogen functional groups attached to an aromatic ring is 1. The number of anilines is 2. The summed E-state index contributed by atoms with van der Waals surface area (Å²) < 4.78 is 1.86. The van der Waals surface area contributed by atoms with E-state index in [1.54, 1.807) is 4.90 Å². The van der Waals surface area contributed by atoms with E-state index in [4.69, 9.17) is 5.73 Å². The molecule has 2 aromatic rings. The van der Waals surface area contributed by atoms with Gasteiger partial charge in [0, 0.05) is 14.1 Å². The molecule has 10 heteroatoms. The number of rotatable bonds is 5. The van der Waals surface area contributed by atoms with Crippen molar-refractivity contribution in [3.05, 3.63) is 5.82 Å². The molecule has 20 heavy (non-hydrogen) atoms. The minimum atomic E-state index is 0.223. The third-order valence-electron chi connectivity index (χ3n) is 2.77. The van der Waals surface area contributed by atoms with E-state index in [-0.39, 0.29) is 5.95 Å². The van der Waals surface area contributed by atoms with Crippen molar-refractivity contribution in [2.24, 2.45) is 0 Å². The third-order valence-corrected chi connectivity index (χ3v) is 3.70. The molecule has 0 aromatic carbocycles. The minimum absolute atomic E-state index is 0.223. The lowest BCUT2D eigenvalue weighted by Gasteiger charge is -2.11. The average molecular weight is 293 g/mol. The van der Waals surface area contributed by atoms with Crippen molar-refractivity contribution in [1.82, 2.24) is 35.2 Å². The second kappa shape index (κ2) is 5.19. The monoisotopic (exact) mass is 293 g/mol. The topological polar surface area (TPSA) is 112 Å². The predicted molar refractivity (Wildman–Crippen MR) is 74.2 cm³/mol. The molecular formula is C10H15N9S. The summed E-state index contributed by atoms with van der Waals surface area (Å²) in [7, 11) is 3.72. The highest BCUT2D eigenvalue weighted by Gasteiger charge is 2.28. The maximum atomic E-state index is 5.69. The molecule has 2 heterocycles. The van der Waals surface area contributed by atoms with Gasteiger partial charge in [-0.05, 0) is 23.3 Å². The van der Waals surface area contributed by atoms with Gasteiger partial charge in [0.05, 0.1) is 11.8 Å². The second-order valence-corrected chi connectivity index (χ2v) is 5.67. The summed E-state index contributed by atoms with van der Waals surface area (Å²) in [4.78, 5) is 14.3. The van der Waals surface area contributed by atoms with E-state index in [1.165, 1.54) is 11.8 Å². The molecule has 0 bridgehead atoms. The highest BCUT2D eigenvalue weighted by Crippen LogP contribution is 2.36. The highest BCUT2D eigenvalue weighted by molar-refractivity contribution is 7.98. The molecule has 0 unspecified atom stereocenters. The Labute approximate surface area is 120 Å². The van der Waals surface area contributed by atoms with Crippen LogP contribution in [0.5, 0.6) is 0 Å². The van der Waals surface area contributed by atoms with Crippen LogP contribution in [0.25, 0.3) is 0 Å². The molecule has 9 nitrogen and oxygen atoms in total. The van der Waals surface area contributed by atoms with Gasteiger partial charge in [-0.2, -0.15) is 15.0 Å². The van der Waals surface area contributed by atoms with Gasteiger partial charge in [0.25, 0.3) is 0 Å². The van der Waals surface area contributed by atoms with Crippen molar-refractivity contribution in [1.29, 1.82) is 0 Å². The number of aromatic nitrogens is 7. The van der Waals surface area contributed by atoms with Crippen molar-refractivity contribution >= 4 is 23.7 Å². The fraction of sp³-hybridized carbons (Fsp3) is 0.600. The Kier molecular flexibility index (Phi) is 3.38. The van der Waals surface area contributed by atoms with Crippen LogP contribution in [0.1, 0.15) is 24.7 Å². The fourth-order valence-corrected chi connectivity index (χ4v) is 2.45. The van der Waals surface area contributed by atoms with Gasteiger partial charge in [-0.3, -0.25) is 0 Å². The zero-order valence-electron chi connectivity index (χ0n) is 11.3. The SMILES string of the molecule is CN(C)c1nc(N)nc(CSc2nnnn2C2CC2)n1. The fourth-order valence-electron chi connectivity index (χ4n) is 1.65. The maximum Gasteiger partial charge on any atom is 0.229 e. The van der Waals surface area contributed by atoms with Crippen LogP contribution in [0.2, 0.25) is 0 Å². The quantitative estimate of drug-likeness (QED) is 0.769. The number of hydrogen-bond donors (Lipinski definition) is 1. The molecule has 1 aliphatic carbocycles. The van der Waals surface area contributed by atoms with E-state index >= 15 is 0 Å². The summed E-state index contributed by atoms with van der Waals surface area (Å²) in [5, 5.41) is 12.5. The Hall–Kier alpha value is -1.97. The highest BCUT2D eigenvalue weighted by atomic mass is 32.2. The minimum Gasteiger partial charge on any atom is -0.368 e. The van der Waals surface area contributed by atoms with Gasteiger partial charge in [-0.15, -0.1) is 5.10 Å². The summed E-state index contributed by atoms with van der Waals surface area (Å²) in [6.07, 6.45) is 2.28. The molecule has 0 radical (unpaired) electrons. The van der Waals surface area contributed by atoms with Crippen LogP contribution in [-0.4, -0.2) is 49.3 Å². The zero-order chi connectivity index (χ0) is 14.1. The molecule has 2 N–H and O–H groups in total. The van der Waals surface area contributed by atoms with E-state index in [1.807, 2.05) is 18.8 Å². The van der Waals surface area contributed by atoms with E-state index < -0.39 is 0 Å². The average Bonchev–Trinajstić information content (AvgIpc) is 3.15. The molecule has 0 aliphatic heterocycles. The number of nitrogens with two attached hydrogens (primary N) is 1. The van der Waals surface area contributed by atoms with Crippen molar-refractivity contribution in [2.75, 3.05) is 24.7 Å². The van der Waals surface area contributed by atoms with Crippen LogP contribution >= 0.6 is 11.8 Å². The molecule has 106 valence electrons. The standard InChI is InChI=1S/C10H15N9S/c1-18(2)9-13-7(12-8(11)14-9)5-20-10-15-16-17-19(10)6-3-4-6/h6H,3-5H2,1-2H3,(H2,11,12,13,14). The lowest BCUT2D eigenvalue weighted by atomic mass is 10.6. The first-order valence-electron chi connectivity index (χ1n) is 6.22. The third kappa shape index (κ3) is 2.79. The maximum absolute atomic E-state index is 5.69. The van der Waals surface area contributed by atoms with Crippen LogP contribution in [0.15, 0.2) is 5.16 Å². The summed E-state index contributed by atoms with van der Waals surface area (Å²) in [6, 6.07) is 0.452. The van der Waals surface area contributed by atoms with E-state index in [9.17, 15) is 0 Å². The number of tetrazole rings is 1. The van der Waals surface area contributed by atoms with Crippen molar-refractivity contribution in [3.8, 4) is 0 Å². The van der Waals surface area contributed by atoms with Gasteiger partial charge in [-0.25, -0.2) is 4.68 Å².